The van der Waals surface area contributed by atoms with Gasteiger partial charge < -0.3 is 5.73 Å². The molecule has 0 radical (unpaired) electrons. The Morgan fingerprint density at radius 2 is 2.41 bits per heavy atom. The Morgan fingerprint density at radius 3 is 2.94 bits per heavy atom. The molecule has 5 nitrogen and oxygen atoms in total. The van der Waals surface area contributed by atoms with Crippen molar-refractivity contribution in [2.24, 2.45) is 12.9 Å². The summed E-state index contributed by atoms with van der Waals surface area (Å²) >= 11 is 1.71. The number of anilines is 1. The summed E-state index contributed by atoms with van der Waals surface area (Å²) in [6.07, 6.45) is 3.66. The summed E-state index contributed by atoms with van der Waals surface area (Å²) in [5.41, 5.74) is 11.0. The number of aryl methyl sites for hydroxylation is 2. The van der Waals surface area contributed by atoms with Crippen LogP contribution in [-0.2, 0) is 13.5 Å². The van der Waals surface area contributed by atoms with Crippen molar-refractivity contribution in [3.8, 4) is 0 Å². The van der Waals surface area contributed by atoms with Crippen molar-refractivity contribution in [1.29, 1.82) is 0 Å². The van der Waals surface area contributed by atoms with Gasteiger partial charge in [0, 0.05) is 12.6 Å². The minimum atomic E-state index is 0.0450. The molecule has 2 rings (SSSR count). The molecule has 2 aromatic rings. The zero-order chi connectivity index (χ0) is 12.3. The van der Waals surface area contributed by atoms with Crippen molar-refractivity contribution in [2.45, 2.75) is 18.9 Å². The molecule has 2 aromatic heterocycles. The van der Waals surface area contributed by atoms with Gasteiger partial charge >= 0.3 is 0 Å². The Bertz CT molecular complexity index is 462. The quantitative estimate of drug-likeness (QED) is 0.551. The predicted molar refractivity (Wildman–Crippen MR) is 70.3 cm³/mol. The number of aromatic nitrogens is 2. The fraction of sp³-hybridized carbons (Fsp3) is 0.364. The van der Waals surface area contributed by atoms with E-state index in [1.807, 2.05) is 7.05 Å². The van der Waals surface area contributed by atoms with Crippen LogP contribution < -0.4 is 17.0 Å². The summed E-state index contributed by atoms with van der Waals surface area (Å²) in [6.45, 7) is 0. The van der Waals surface area contributed by atoms with Crippen LogP contribution in [0.15, 0.2) is 23.0 Å². The number of rotatable bonds is 5. The summed E-state index contributed by atoms with van der Waals surface area (Å²) in [7, 11) is 1.82. The van der Waals surface area contributed by atoms with Crippen molar-refractivity contribution < 1.29 is 0 Å². The average molecular weight is 251 g/mol. The third kappa shape index (κ3) is 2.66. The van der Waals surface area contributed by atoms with Gasteiger partial charge in [0.25, 0.3) is 0 Å². The summed E-state index contributed by atoms with van der Waals surface area (Å²) in [6, 6.07) is 2.17. The molecule has 2 heterocycles. The fourth-order valence-corrected chi connectivity index (χ4v) is 2.51. The van der Waals surface area contributed by atoms with E-state index in [1.165, 1.54) is 5.56 Å². The number of nitrogens with zero attached hydrogens (tertiary/aromatic N) is 2. The lowest BCUT2D eigenvalue weighted by Crippen LogP contribution is -2.28. The molecule has 0 spiro atoms. The number of nitrogens with one attached hydrogen (secondary N) is 1. The molecule has 0 aliphatic carbocycles. The fourth-order valence-electron chi connectivity index (χ4n) is 1.81. The average Bonchev–Trinajstić information content (AvgIpc) is 2.94. The molecule has 17 heavy (non-hydrogen) atoms. The van der Waals surface area contributed by atoms with Crippen LogP contribution >= 0.6 is 11.3 Å². The highest BCUT2D eigenvalue weighted by molar-refractivity contribution is 7.07. The maximum Gasteiger partial charge on any atom is 0.126 e. The Morgan fingerprint density at radius 1 is 1.59 bits per heavy atom. The van der Waals surface area contributed by atoms with Crippen molar-refractivity contribution in [1.82, 2.24) is 15.2 Å². The zero-order valence-corrected chi connectivity index (χ0v) is 10.6. The van der Waals surface area contributed by atoms with Gasteiger partial charge in [-0.15, -0.1) is 0 Å². The van der Waals surface area contributed by atoms with Gasteiger partial charge in [0.15, 0.2) is 0 Å². The van der Waals surface area contributed by atoms with Crippen molar-refractivity contribution >= 4 is 17.2 Å². The van der Waals surface area contributed by atoms with E-state index in [1.54, 1.807) is 22.2 Å². The molecule has 0 bridgehead atoms. The van der Waals surface area contributed by atoms with Crippen LogP contribution in [0.3, 0.4) is 0 Å². The second-order valence-electron chi connectivity index (χ2n) is 4.00. The second-order valence-corrected chi connectivity index (χ2v) is 4.78. The second kappa shape index (κ2) is 5.31. The van der Waals surface area contributed by atoms with Crippen LogP contribution in [0.5, 0.6) is 0 Å². The van der Waals surface area contributed by atoms with Crippen LogP contribution in [0.2, 0.25) is 0 Å². The standard InChI is InChI=1S/C11H17N5S/c1-16-11(12)9(6-14-16)10(15-13)3-2-8-4-5-17-7-8/h4-7,10,15H,2-3,12-13H2,1H3. The lowest BCUT2D eigenvalue weighted by atomic mass is 10.0. The molecule has 0 aromatic carbocycles. The van der Waals surface area contributed by atoms with E-state index in [0.29, 0.717) is 5.82 Å². The molecule has 1 atom stereocenters. The molecule has 0 fully saturated rings. The monoisotopic (exact) mass is 251 g/mol. The molecular weight excluding hydrogens is 234 g/mol. The van der Waals surface area contributed by atoms with Gasteiger partial charge in [-0.3, -0.25) is 16.0 Å². The smallest absolute Gasteiger partial charge is 0.126 e. The van der Waals surface area contributed by atoms with Crippen LogP contribution in [0.25, 0.3) is 0 Å². The maximum atomic E-state index is 5.93. The van der Waals surface area contributed by atoms with E-state index < -0.39 is 0 Å². The van der Waals surface area contributed by atoms with Crippen molar-refractivity contribution in [3.05, 3.63) is 34.2 Å². The zero-order valence-electron chi connectivity index (χ0n) is 9.76. The van der Waals surface area contributed by atoms with E-state index >= 15 is 0 Å². The SMILES string of the molecule is Cn1ncc(C(CCc2ccsc2)NN)c1N. The van der Waals surface area contributed by atoms with E-state index in [4.69, 9.17) is 11.6 Å². The number of thiophene rings is 1. The number of nitrogen functional groups attached to an aromatic ring is 1. The van der Waals surface area contributed by atoms with Gasteiger partial charge in [0.05, 0.1) is 12.2 Å². The Hall–Kier alpha value is -1.37. The lowest BCUT2D eigenvalue weighted by Gasteiger charge is -2.14. The number of hydrazine groups is 1. The van der Waals surface area contributed by atoms with Crippen molar-refractivity contribution in [3.63, 3.8) is 0 Å². The van der Waals surface area contributed by atoms with E-state index in [0.717, 1.165) is 18.4 Å². The molecular formula is C11H17N5S. The summed E-state index contributed by atoms with van der Waals surface area (Å²) < 4.78 is 1.66. The summed E-state index contributed by atoms with van der Waals surface area (Å²) in [5, 5.41) is 8.36. The van der Waals surface area contributed by atoms with Crippen LogP contribution in [-0.4, -0.2) is 9.78 Å². The molecule has 5 N–H and O–H groups in total. The van der Waals surface area contributed by atoms with E-state index in [9.17, 15) is 0 Å². The predicted octanol–water partition coefficient (Wildman–Crippen LogP) is 1.20. The summed E-state index contributed by atoms with van der Waals surface area (Å²) in [5.74, 6) is 6.25. The molecule has 92 valence electrons. The molecule has 0 saturated carbocycles. The first-order chi connectivity index (χ1) is 8.22. The molecule has 0 saturated heterocycles. The third-order valence-electron chi connectivity index (χ3n) is 2.89. The van der Waals surface area contributed by atoms with Gasteiger partial charge in [0.2, 0.25) is 0 Å². The lowest BCUT2D eigenvalue weighted by molar-refractivity contribution is 0.518. The van der Waals surface area contributed by atoms with Crippen LogP contribution in [0, 0.1) is 0 Å². The Kier molecular flexibility index (Phi) is 3.78. The Balaban J connectivity index is 2.04. The van der Waals surface area contributed by atoms with Gasteiger partial charge in [-0.2, -0.15) is 16.4 Å². The summed E-state index contributed by atoms with van der Waals surface area (Å²) in [4.78, 5) is 0. The first-order valence-electron chi connectivity index (χ1n) is 5.47. The van der Waals surface area contributed by atoms with Gasteiger partial charge in [-0.05, 0) is 35.2 Å². The van der Waals surface area contributed by atoms with Crippen LogP contribution in [0.4, 0.5) is 5.82 Å². The van der Waals surface area contributed by atoms with Crippen molar-refractivity contribution in [2.75, 3.05) is 5.73 Å². The molecule has 0 amide bonds. The normalized spacial score (nSPS) is 12.8. The van der Waals surface area contributed by atoms with Crippen LogP contribution in [0.1, 0.15) is 23.6 Å². The molecule has 0 aliphatic heterocycles. The van der Waals surface area contributed by atoms with Gasteiger partial charge in [-0.25, -0.2) is 0 Å². The minimum Gasteiger partial charge on any atom is -0.384 e. The highest BCUT2D eigenvalue weighted by Crippen LogP contribution is 2.23. The highest BCUT2D eigenvalue weighted by Gasteiger charge is 2.16. The third-order valence-corrected chi connectivity index (χ3v) is 3.62. The van der Waals surface area contributed by atoms with Gasteiger partial charge in [0.1, 0.15) is 5.82 Å². The number of hydrogen-bond donors (Lipinski definition) is 3. The molecule has 1 unspecified atom stereocenters. The molecule has 0 aliphatic rings. The van der Waals surface area contributed by atoms with E-state index in [-0.39, 0.29) is 6.04 Å². The van der Waals surface area contributed by atoms with Gasteiger partial charge in [-0.1, -0.05) is 0 Å². The first-order valence-corrected chi connectivity index (χ1v) is 6.41. The number of nitrogens with two attached hydrogens (primary N) is 2. The first kappa shape index (κ1) is 12.1. The number of hydrogen-bond acceptors (Lipinski definition) is 5. The van der Waals surface area contributed by atoms with E-state index in [2.05, 4.69) is 27.4 Å². The molecule has 6 heteroatoms. The minimum absolute atomic E-state index is 0.0450. The largest absolute Gasteiger partial charge is 0.384 e. The topological polar surface area (TPSA) is 81.9 Å². The highest BCUT2D eigenvalue weighted by atomic mass is 32.1. The Labute approximate surface area is 104 Å². The maximum absolute atomic E-state index is 5.93.